The number of benzene rings is 3. The van der Waals surface area contributed by atoms with Gasteiger partial charge in [-0.3, -0.25) is 4.79 Å². The van der Waals surface area contributed by atoms with Crippen LogP contribution in [0, 0.1) is 25.6 Å². The van der Waals surface area contributed by atoms with Crippen LogP contribution < -0.4 is 5.32 Å². The summed E-state index contributed by atoms with van der Waals surface area (Å²) in [4.78, 5) is 13.0. The van der Waals surface area contributed by atoms with Crippen LogP contribution in [0.4, 0.5) is 10.1 Å². The maximum atomic E-state index is 14.0. The van der Waals surface area contributed by atoms with E-state index in [9.17, 15) is 9.18 Å². The molecule has 3 aromatic carbocycles. The Morgan fingerprint density at radius 2 is 1.52 bits per heavy atom. The maximum Gasteiger partial charge on any atom is 0.228 e. The number of hydrogen-bond acceptors (Lipinski definition) is 1. The Morgan fingerprint density at radius 1 is 0.926 bits per heavy atom. The highest BCUT2D eigenvalue weighted by atomic mass is 19.1. The van der Waals surface area contributed by atoms with Gasteiger partial charge < -0.3 is 5.32 Å². The molecule has 1 unspecified atom stereocenters. The summed E-state index contributed by atoms with van der Waals surface area (Å²) in [7, 11) is 0. The third kappa shape index (κ3) is 3.14. The van der Waals surface area contributed by atoms with E-state index in [2.05, 4.69) is 55.6 Å². The largest absolute Gasteiger partial charge is 0.323 e. The molecular formula is C24H22FNO. The molecule has 1 amide bonds. The van der Waals surface area contributed by atoms with Crippen LogP contribution in [0.15, 0.2) is 72.8 Å². The summed E-state index contributed by atoms with van der Waals surface area (Å²) in [6, 6.07) is 23.0. The van der Waals surface area contributed by atoms with Gasteiger partial charge in [0.15, 0.2) is 0 Å². The van der Waals surface area contributed by atoms with Gasteiger partial charge in [-0.25, -0.2) is 4.39 Å². The second-order valence-corrected chi connectivity index (χ2v) is 7.44. The molecule has 0 aliphatic heterocycles. The smallest absolute Gasteiger partial charge is 0.228 e. The molecule has 1 saturated carbocycles. The number of halogens is 1. The van der Waals surface area contributed by atoms with Crippen LogP contribution in [0.2, 0.25) is 0 Å². The standard InChI is InChI=1S/C24H22FNO/c1-16-7-5-9-18(13-16)24(19-10-6-8-17(2)14-19)15-20(24)23(27)26-22-12-4-3-11-21(22)25/h3-14,20H,15H2,1-2H3,(H,26,27). The topological polar surface area (TPSA) is 29.1 Å². The number of carbonyl (C=O) groups is 1. The lowest BCUT2D eigenvalue weighted by Crippen LogP contribution is -2.23. The molecule has 3 heteroatoms. The summed E-state index contributed by atoms with van der Waals surface area (Å²) in [5, 5.41) is 2.78. The minimum Gasteiger partial charge on any atom is -0.323 e. The zero-order valence-electron chi connectivity index (χ0n) is 15.5. The van der Waals surface area contributed by atoms with E-state index in [1.165, 1.54) is 17.2 Å². The Bertz CT molecular complexity index is 965. The first-order chi connectivity index (χ1) is 13.0. The number of nitrogens with one attached hydrogen (secondary N) is 1. The van der Waals surface area contributed by atoms with Gasteiger partial charge >= 0.3 is 0 Å². The van der Waals surface area contributed by atoms with Gasteiger partial charge in [0.1, 0.15) is 5.82 Å². The Balaban J connectivity index is 1.71. The molecule has 1 N–H and O–H groups in total. The zero-order chi connectivity index (χ0) is 19.0. The first-order valence-electron chi connectivity index (χ1n) is 9.20. The second kappa shape index (κ2) is 6.66. The normalized spacial score (nSPS) is 17.4. The van der Waals surface area contributed by atoms with Crippen LogP contribution >= 0.6 is 0 Å². The van der Waals surface area contributed by atoms with Crippen molar-refractivity contribution in [1.29, 1.82) is 0 Å². The van der Waals surface area contributed by atoms with Crippen molar-refractivity contribution in [2.24, 2.45) is 5.92 Å². The fourth-order valence-electron chi connectivity index (χ4n) is 4.01. The number of amides is 1. The quantitative estimate of drug-likeness (QED) is 0.665. The summed E-state index contributed by atoms with van der Waals surface area (Å²) in [6.45, 7) is 4.12. The van der Waals surface area contributed by atoms with Crippen LogP contribution in [0.3, 0.4) is 0 Å². The van der Waals surface area contributed by atoms with Gasteiger partial charge in [-0.05, 0) is 43.5 Å². The molecule has 1 aliphatic carbocycles. The Hall–Kier alpha value is -2.94. The Labute approximate surface area is 159 Å². The number of rotatable bonds is 4. The molecular weight excluding hydrogens is 337 g/mol. The Kier molecular flexibility index (Phi) is 4.31. The van der Waals surface area contributed by atoms with Gasteiger partial charge in [-0.15, -0.1) is 0 Å². The maximum absolute atomic E-state index is 14.0. The van der Waals surface area contributed by atoms with Crippen LogP contribution in [-0.4, -0.2) is 5.91 Å². The lowest BCUT2D eigenvalue weighted by atomic mass is 9.84. The van der Waals surface area contributed by atoms with Crippen molar-refractivity contribution in [2.75, 3.05) is 5.32 Å². The Morgan fingerprint density at radius 3 is 2.07 bits per heavy atom. The molecule has 136 valence electrons. The fourth-order valence-corrected chi connectivity index (χ4v) is 4.01. The molecule has 1 atom stereocenters. The highest BCUT2D eigenvalue weighted by Gasteiger charge is 2.60. The summed E-state index contributed by atoms with van der Waals surface area (Å²) in [6.07, 6.45) is 0.722. The van der Waals surface area contributed by atoms with E-state index in [4.69, 9.17) is 0 Å². The molecule has 4 rings (SSSR count). The average Bonchev–Trinajstić information content (AvgIpc) is 3.41. The van der Waals surface area contributed by atoms with Crippen molar-refractivity contribution in [3.05, 3.63) is 101 Å². The molecule has 27 heavy (non-hydrogen) atoms. The molecule has 0 saturated heterocycles. The van der Waals surface area contributed by atoms with Crippen LogP contribution in [0.1, 0.15) is 28.7 Å². The van der Waals surface area contributed by atoms with Crippen LogP contribution in [-0.2, 0) is 10.2 Å². The zero-order valence-corrected chi connectivity index (χ0v) is 15.5. The van der Waals surface area contributed by atoms with Crippen LogP contribution in [0.5, 0.6) is 0 Å². The third-order valence-corrected chi connectivity index (χ3v) is 5.48. The summed E-state index contributed by atoms with van der Waals surface area (Å²) in [5.74, 6) is -0.771. The molecule has 2 nitrogen and oxygen atoms in total. The summed E-state index contributed by atoms with van der Waals surface area (Å²) < 4.78 is 14.0. The first-order valence-corrected chi connectivity index (χ1v) is 9.20. The van der Waals surface area contributed by atoms with Gasteiger partial charge in [0.05, 0.1) is 11.6 Å². The van der Waals surface area contributed by atoms with Gasteiger partial charge in [0, 0.05) is 5.41 Å². The molecule has 0 radical (unpaired) electrons. The van der Waals surface area contributed by atoms with E-state index in [0.29, 0.717) is 0 Å². The molecule has 1 fully saturated rings. The van der Waals surface area contributed by atoms with Gasteiger partial charge in [0.2, 0.25) is 5.91 Å². The number of aryl methyl sites for hydroxylation is 2. The first kappa shape index (κ1) is 17.5. The van der Waals surface area contributed by atoms with E-state index >= 15 is 0 Å². The van der Waals surface area contributed by atoms with Crippen molar-refractivity contribution in [3.63, 3.8) is 0 Å². The fraction of sp³-hybridized carbons (Fsp3) is 0.208. The minimum absolute atomic E-state index is 0.136. The molecule has 0 heterocycles. The molecule has 0 aromatic heterocycles. The number of para-hydroxylation sites is 1. The lowest BCUT2D eigenvalue weighted by Gasteiger charge is -2.20. The number of hydrogen-bond donors (Lipinski definition) is 1. The van der Waals surface area contributed by atoms with Crippen molar-refractivity contribution in [1.82, 2.24) is 0 Å². The van der Waals surface area contributed by atoms with E-state index < -0.39 is 5.82 Å². The number of anilines is 1. The van der Waals surface area contributed by atoms with E-state index in [0.717, 1.165) is 17.5 Å². The highest BCUT2D eigenvalue weighted by Crippen LogP contribution is 2.59. The van der Waals surface area contributed by atoms with E-state index in [1.54, 1.807) is 18.2 Å². The van der Waals surface area contributed by atoms with Crippen LogP contribution in [0.25, 0.3) is 0 Å². The van der Waals surface area contributed by atoms with Gasteiger partial charge in [0.25, 0.3) is 0 Å². The SMILES string of the molecule is Cc1cccc(C2(c3cccc(C)c3)CC2C(=O)Nc2ccccc2F)c1. The minimum atomic E-state index is -0.414. The second-order valence-electron chi connectivity index (χ2n) is 7.44. The predicted octanol–water partition coefficient (Wildman–Crippen LogP) is 5.39. The summed E-state index contributed by atoms with van der Waals surface area (Å²) in [5.41, 5.74) is 4.49. The lowest BCUT2D eigenvalue weighted by molar-refractivity contribution is -0.117. The molecule has 3 aromatic rings. The third-order valence-electron chi connectivity index (χ3n) is 5.48. The number of carbonyl (C=O) groups excluding carboxylic acids is 1. The van der Waals surface area contributed by atoms with Gasteiger partial charge in [-0.1, -0.05) is 71.8 Å². The van der Waals surface area contributed by atoms with Crippen molar-refractivity contribution >= 4 is 11.6 Å². The molecule has 0 spiro atoms. The van der Waals surface area contributed by atoms with Gasteiger partial charge in [-0.2, -0.15) is 0 Å². The molecule has 1 aliphatic rings. The van der Waals surface area contributed by atoms with E-state index in [1.807, 2.05) is 12.1 Å². The van der Waals surface area contributed by atoms with E-state index in [-0.39, 0.29) is 22.9 Å². The average molecular weight is 359 g/mol. The van der Waals surface area contributed by atoms with Crippen molar-refractivity contribution in [2.45, 2.75) is 25.7 Å². The van der Waals surface area contributed by atoms with Crippen molar-refractivity contribution < 1.29 is 9.18 Å². The summed E-state index contributed by atoms with van der Waals surface area (Å²) >= 11 is 0. The predicted molar refractivity (Wildman–Crippen MR) is 106 cm³/mol. The highest BCUT2D eigenvalue weighted by molar-refractivity contribution is 5.97. The monoisotopic (exact) mass is 359 g/mol. The van der Waals surface area contributed by atoms with Crippen molar-refractivity contribution in [3.8, 4) is 0 Å². The molecule has 0 bridgehead atoms.